The van der Waals surface area contributed by atoms with Crippen molar-refractivity contribution in [1.29, 1.82) is 0 Å². The molecule has 1 aliphatic heterocycles. The second-order valence-electron chi connectivity index (χ2n) is 6.11. The zero-order valence-corrected chi connectivity index (χ0v) is 13.9. The Morgan fingerprint density at radius 1 is 1.33 bits per heavy atom. The highest BCUT2D eigenvalue weighted by Gasteiger charge is 2.21. The van der Waals surface area contributed by atoms with Crippen LogP contribution in [-0.2, 0) is 0 Å². The summed E-state index contributed by atoms with van der Waals surface area (Å²) in [5.41, 5.74) is 6.53. The van der Waals surface area contributed by atoms with Crippen LogP contribution < -0.4 is 10.5 Å². The molecule has 0 radical (unpaired) electrons. The summed E-state index contributed by atoms with van der Waals surface area (Å²) in [6, 6.07) is 7.72. The lowest BCUT2D eigenvalue weighted by Gasteiger charge is -2.35. The number of para-hydroxylation sites is 1. The Morgan fingerprint density at radius 3 is 2.81 bits per heavy atom. The van der Waals surface area contributed by atoms with Crippen LogP contribution in [-0.4, -0.2) is 36.1 Å². The van der Waals surface area contributed by atoms with E-state index in [1.807, 2.05) is 24.3 Å². The minimum atomic E-state index is 0.393. The van der Waals surface area contributed by atoms with Crippen LogP contribution in [0.15, 0.2) is 24.3 Å². The van der Waals surface area contributed by atoms with Gasteiger partial charge in [-0.2, -0.15) is 0 Å². The van der Waals surface area contributed by atoms with Crippen molar-refractivity contribution in [1.82, 2.24) is 4.90 Å². The van der Waals surface area contributed by atoms with Gasteiger partial charge in [-0.25, -0.2) is 0 Å². The van der Waals surface area contributed by atoms with Crippen molar-refractivity contribution in [2.75, 3.05) is 26.2 Å². The van der Waals surface area contributed by atoms with Gasteiger partial charge >= 0.3 is 0 Å². The third-order valence-electron chi connectivity index (χ3n) is 4.45. The molecule has 2 N–H and O–H groups in total. The summed E-state index contributed by atoms with van der Waals surface area (Å²) in [4.78, 5) is 2.94. The molecule has 0 saturated carbocycles. The molecule has 0 bridgehead atoms. The van der Waals surface area contributed by atoms with E-state index in [2.05, 4.69) is 18.7 Å². The summed E-state index contributed by atoms with van der Waals surface area (Å²) in [6.45, 7) is 8.95. The molecule has 21 heavy (non-hydrogen) atoms. The Hall–Kier alpha value is -1.13. The molecule has 116 valence electrons. The van der Waals surface area contributed by atoms with Gasteiger partial charge in [-0.15, -0.1) is 0 Å². The van der Waals surface area contributed by atoms with E-state index in [1.54, 1.807) is 0 Å². The summed E-state index contributed by atoms with van der Waals surface area (Å²) < 4.78 is 5.84. The first kappa shape index (κ1) is 16.2. The van der Waals surface area contributed by atoms with Gasteiger partial charge < -0.3 is 15.4 Å². The lowest BCUT2D eigenvalue weighted by atomic mass is 9.89. The van der Waals surface area contributed by atoms with Crippen LogP contribution in [0.5, 0.6) is 5.75 Å². The number of likely N-dealkylation sites (tertiary alicyclic amines) is 1. The molecule has 0 spiro atoms. The smallest absolute Gasteiger partial charge is 0.129 e. The quantitative estimate of drug-likeness (QED) is 0.647. The SMILES string of the molecule is CC1CCN(CCCOc2ccccc2C(N)=S)CC1C. The van der Waals surface area contributed by atoms with Crippen molar-refractivity contribution >= 4 is 17.2 Å². The van der Waals surface area contributed by atoms with E-state index >= 15 is 0 Å². The average Bonchev–Trinajstić information content (AvgIpc) is 2.47. The first-order valence-electron chi connectivity index (χ1n) is 7.82. The maximum Gasteiger partial charge on any atom is 0.129 e. The van der Waals surface area contributed by atoms with Gasteiger partial charge in [-0.3, -0.25) is 0 Å². The van der Waals surface area contributed by atoms with Crippen LogP contribution in [0.2, 0.25) is 0 Å². The number of hydrogen-bond donors (Lipinski definition) is 1. The molecule has 1 aromatic carbocycles. The van der Waals surface area contributed by atoms with Gasteiger partial charge in [-0.1, -0.05) is 38.2 Å². The average molecular weight is 306 g/mol. The largest absolute Gasteiger partial charge is 0.493 e. The molecule has 1 aliphatic rings. The second kappa shape index (κ2) is 7.76. The van der Waals surface area contributed by atoms with Crippen molar-refractivity contribution in [3.05, 3.63) is 29.8 Å². The van der Waals surface area contributed by atoms with Gasteiger partial charge in [0.25, 0.3) is 0 Å². The van der Waals surface area contributed by atoms with Crippen LogP contribution >= 0.6 is 12.2 Å². The van der Waals surface area contributed by atoms with Crippen molar-refractivity contribution in [3.8, 4) is 5.75 Å². The maximum absolute atomic E-state index is 5.84. The summed E-state index contributed by atoms with van der Waals surface area (Å²) >= 11 is 5.04. The zero-order valence-electron chi connectivity index (χ0n) is 13.0. The van der Waals surface area contributed by atoms with Crippen LogP contribution in [0, 0.1) is 11.8 Å². The van der Waals surface area contributed by atoms with Crippen molar-refractivity contribution < 1.29 is 4.74 Å². The van der Waals surface area contributed by atoms with E-state index in [1.165, 1.54) is 19.5 Å². The zero-order chi connectivity index (χ0) is 15.2. The number of benzene rings is 1. The van der Waals surface area contributed by atoms with E-state index in [9.17, 15) is 0 Å². The van der Waals surface area contributed by atoms with Gasteiger partial charge in [0.1, 0.15) is 10.7 Å². The predicted molar refractivity (Wildman–Crippen MR) is 91.8 cm³/mol. The van der Waals surface area contributed by atoms with Gasteiger partial charge in [0.2, 0.25) is 0 Å². The predicted octanol–water partition coefficient (Wildman–Crippen LogP) is 3.07. The maximum atomic E-state index is 5.84. The lowest BCUT2D eigenvalue weighted by Crippen LogP contribution is -2.39. The number of hydrogen-bond acceptors (Lipinski definition) is 3. The fourth-order valence-corrected chi connectivity index (χ4v) is 2.99. The number of nitrogens with two attached hydrogens (primary N) is 1. The summed E-state index contributed by atoms with van der Waals surface area (Å²) in [5.74, 6) is 2.45. The normalized spacial score (nSPS) is 23.0. The highest BCUT2D eigenvalue weighted by atomic mass is 32.1. The lowest BCUT2D eigenvalue weighted by molar-refractivity contribution is 0.130. The molecule has 1 fully saturated rings. The highest BCUT2D eigenvalue weighted by molar-refractivity contribution is 7.80. The molecule has 0 aliphatic carbocycles. The Balaban J connectivity index is 1.74. The molecule has 0 aromatic heterocycles. The standard InChI is InChI=1S/C17H26N2OS/c1-13-8-10-19(12-14(13)2)9-5-11-20-16-7-4-3-6-15(16)17(18)21/h3-4,6-7,13-14H,5,8-12H2,1-2H3,(H2,18,21). The van der Waals surface area contributed by atoms with Crippen LogP contribution in [0.1, 0.15) is 32.3 Å². The van der Waals surface area contributed by atoms with Crippen LogP contribution in [0.25, 0.3) is 0 Å². The Morgan fingerprint density at radius 2 is 2.10 bits per heavy atom. The summed E-state index contributed by atoms with van der Waals surface area (Å²) in [6.07, 6.45) is 2.35. The molecule has 0 amide bonds. The molecule has 1 saturated heterocycles. The number of rotatable bonds is 6. The molecular formula is C17H26N2OS. The number of ether oxygens (including phenoxy) is 1. The molecule has 1 aromatic rings. The first-order valence-corrected chi connectivity index (χ1v) is 8.22. The monoisotopic (exact) mass is 306 g/mol. The molecule has 4 heteroatoms. The van der Waals surface area contributed by atoms with Crippen LogP contribution in [0.3, 0.4) is 0 Å². The van der Waals surface area contributed by atoms with E-state index in [4.69, 9.17) is 22.7 Å². The summed E-state index contributed by atoms with van der Waals surface area (Å²) in [7, 11) is 0. The van der Waals surface area contributed by atoms with Crippen LogP contribution in [0.4, 0.5) is 0 Å². The van der Waals surface area contributed by atoms with E-state index in [0.29, 0.717) is 11.6 Å². The van der Waals surface area contributed by atoms with E-state index < -0.39 is 0 Å². The highest BCUT2D eigenvalue weighted by Crippen LogP contribution is 2.22. The Labute approximate surface area is 133 Å². The van der Waals surface area contributed by atoms with E-state index in [0.717, 1.165) is 36.1 Å². The van der Waals surface area contributed by atoms with Crippen molar-refractivity contribution in [3.63, 3.8) is 0 Å². The minimum Gasteiger partial charge on any atom is -0.493 e. The fraction of sp³-hybridized carbons (Fsp3) is 0.588. The number of nitrogens with zero attached hydrogens (tertiary/aromatic N) is 1. The van der Waals surface area contributed by atoms with E-state index in [-0.39, 0.29) is 0 Å². The van der Waals surface area contributed by atoms with Crippen molar-refractivity contribution in [2.24, 2.45) is 17.6 Å². The van der Waals surface area contributed by atoms with Gasteiger partial charge in [0.15, 0.2) is 0 Å². The number of piperidine rings is 1. The summed E-state index contributed by atoms with van der Waals surface area (Å²) in [5, 5.41) is 0. The van der Waals surface area contributed by atoms with Gasteiger partial charge in [-0.05, 0) is 43.4 Å². The Bertz CT molecular complexity index is 478. The second-order valence-corrected chi connectivity index (χ2v) is 6.55. The third-order valence-corrected chi connectivity index (χ3v) is 4.67. The molecule has 2 unspecified atom stereocenters. The van der Waals surface area contributed by atoms with Crippen molar-refractivity contribution in [2.45, 2.75) is 26.7 Å². The minimum absolute atomic E-state index is 0.393. The molecule has 1 heterocycles. The van der Waals surface area contributed by atoms with Gasteiger partial charge in [0.05, 0.1) is 12.2 Å². The van der Waals surface area contributed by atoms with Gasteiger partial charge in [0, 0.05) is 13.1 Å². The molecule has 2 atom stereocenters. The Kier molecular flexibility index (Phi) is 6.00. The number of thiocarbonyl (C=S) groups is 1. The molecular weight excluding hydrogens is 280 g/mol. The topological polar surface area (TPSA) is 38.5 Å². The third kappa shape index (κ3) is 4.68. The molecule has 3 nitrogen and oxygen atoms in total. The molecule has 2 rings (SSSR count). The first-order chi connectivity index (χ1) is 10.1. The fourth-order valence-electron chi connectivity index (χ4n) is 2.82.